The van der Waals surface area contributed by atoms with Gasteiger partial charge in [0, 0.05) is 57.1 Å². The Kier molecular flexibility index (Phi) is 4.94. The van der Waals surface area contributed by atoms with Gasteiger partial charge >= 0.3 is 0 Å². The van der Waals surface area contributed by atoms with Crippen molar-refractivity contribution in [2.45, 2.75) is 45.1 Å². The van der Waals surface area contributed by atoms with Crippen LogP contribution in [0.3, 0.4) is 0 Å². The van der Waals surface area contributed by atoms with E-state index < -0.39 is 0 Å². The van der Waals surface area contributed by atoms with Crippen LogP contribution in [0.15, 0.2) is 6.07 Å². The highest BCUT2D eigenvalue weighted by Crippen LogP contribution is 2.35. The molecule has 1 aromatic rings. The molecule has 1 aliphatic carbocycles. The number of rotatable bonds is 5. The lowest BCUT2D eigenvalue weighted by molar-refractivity contribution is 0.122. The largest absolute Gasteiger partial charge is 0.378 e. The second-order valence-electron chi connectivity index (χ2n) is 8.87. The van der Waals surface area contributed by atoms with Gasteiger partial charge in [-0.05, 0) is 43.9 Å². The topological polar surface area (TPSA) is 44.7 Å². The van der Waals surface area contributed by atoms with E-state index in [0.717, 1.165) is 75.1 Å². The highest BCUT2D eigenvalue weighted by atomic mass is 16.5. The van der Waals surface area contributed by atoms with Crippen LogP contribution in [0.2, 0.25) is 0 Å². The van der Waals surface area contributed by atoms with E-state index in [2.05, 4.69) is 27.7 Å². The van der Waals surface area contributed by atoms with Crippen molar-refractivity contribution in [1.82, 2.24) is 14.9 Å². The standard InChI is InChI=1S/C21H33N5O/c1-2-18-11-20(23-21(22-18)24-7-9-27-10-8-24)26-14-17-5-6-19(15-26)25(13-17)12-16-3-4-16/h11,16-17,19H,2-10,12-15H2,1H3/t17-,19-/m0/s1. The lowest BCUT2D eigenvalue weighted by Crippen LogP contribution is -2.45. The molecule has 0 N–H and O–H groups in total. The summed E-state index contributed by atoms with van der Waals surface area (Å²) in [4.78, 5) is 17.5. The Bertz CT molecular complexity index is 658. The number of piperidine rings is 1. The van der Waals surface area contributed by atoms with Crippen molar-refractivity contribution in [1.29, 1.82) is 0 Å². The van der Waals surface area contributed by atoms with Gasteiger partial charge < -0.3 is 14.5 Å². The first-order valence-electron chi connectivity index (χ1n) is 11.0. The zero-order valence-electron chi connectivity index (χ0n) is 16.6. The predicted molar refractivity (Wildman–Crippen MR) is 107 cm³/mol. The highest BCUT2D eigenvalue weighted by molar-refractivity contribution is 5.47. The first-order chi connectivity index (χ1) is 13.3. The van der Waals surface area contributed by atoms with Crippen LogP contribution in [0.25, 0.3) is 0 Å². The lowest BCUT2D eigenvalue weighted by Gasteiger charge is -2.36. The van der Waals surface area contributed by atoms with Crippen LogP contribution in [0.1, 0.15) is 38.3 Å². The summed E-state index contributed by atoms with van der Waals surface area (Å²) < 4.78 is 5.51. The van der Waals surface area contributed by atoms with E-state index >= 15 is 0 Å². The highest BCUT2D eigenvalue weighted by Gasteiger charge is 2.37. The Morgan fingerprint density at radius 1 is 1.00 bits per heavy atom. The third kappa shape index (κ3) is 3.92. The molecule has 6 nitrogen and oxygen atoms in total. The zero-order valence-corrected chi connectivity index (χ0v) is 16.6. The Morgan fingerprint density at radius 2 is 1.85 bits per heavy atom. The number of morpholine rings is 1. The molecule has 0 spiro atoms. The van der Waals surface area contributed by atoms with Crippen molar-refractivity contribution in [2.24, 2.45) is 11.8 Å². The molecule has 148 valence electrons. The predicted octanol–water partition coefficient (Wildman–Crippen LogP) is 2.19. The molecule has 1 saturated carbocycles. The van der Waals surface area contributed by atoms with E-state index in [1.54, 1.807) is 0 Å². The van der Waals surface area contributed by atoms with Crippen molar-refractivity contribution in [2.75, 3.05) is 62.3 Å². The maximum Gasteiger partial charge on any atom is 0.227 e. The molecule has 1 aromatic heterocycles. The molecule has 0 radical (unpaired) electrons. The fourth-order valence-corrected chi connectivity index (χ4v) is 4.94. The second-order valence-corrected chi connectivity index (χ2v) is 8.87. The molecule has 6 heteroatoms. The molecule has 5 aliphatic rings. The van der Waals surface area contributed by atoms with Crippen LogP contribution < -0.4 is 9.80 Å². The van der Waals surface area contributed by atoms with Gasteiger partial charge in [0.15, 0.2) is 0 Å². The minimum Gasteiger partial charge on any atom is -0.378 e. The summed E-state index contributed by atoms with van der Waals surface area (Å²) >= 11 is 0. The summed E-state index contributed by atoms with van der Waals surface area (Å²) in [5, 5.41) is 0. The van der Waals surface area contributed by atoms with Crippen LogP contribution in [0.5, 0.6) is 0 Å². The Labute approximate surface area is 162 Å². The minimum absolute atomic E-state index is 0.705. The van der Waals surface area contributed by atoms with Crippen LogP contribution in [-0.4, -0.2) is 73.4 Å². The van der Waals surface area contributed by atoms with Crippen molar-refractivity contribution < 1.29 is 4.74 Å². The van der Waals surface area contributed by atoms with Gasteiger partial charge in [0.2, 0.25) is 5.95 Å². The van der Waals surface area contributed by atoms with Gasteiger partial charge in [-0.1, -0.05) is 6.92 Å². The maximum atomic E-state index is 5.51. The van der Waals surface area contributed by atoms with Gasteiger partial charge in [0.1, 0.15) is 5.82 Å². The average molecular weight is 372 g/mol. The molecule has 2 atom stereocenters. The number of nitrogens with zero attached hydrogens (tertiary/aromatic N) is 5. The first kappa shape index (κ1) is 17.7. The van der Waals surface area contributed by atoms with Crippen LogP contribution in [0, 0.1) is 11.8 Å². The van der Waals surface area contributed by atoms with Gasteiger partial charge in [0.25, 0.3) is 0 Å². The third-order valence-corrected chi connectivity index (χ3v) is 6.75. The Balaban J connectivity index is 1.38. The van der Waals surface area contributed by atoms with Gasteiger partial charge in [-0.25, -0.2) is 4.98 Å². The molecular formula is C21H33N5O. The average Bonchev–Trinajstić information content (AvgIpc) is 3.56. The number of hydrogen-bond donors (Lipinski definition) is 0. The molecule has 4 aliphatic heterocycles. The SMILES string of the molecule is CCc1cc(N2C[C@H]3CC[C@@H](C2)N(CC2CC2)C3)nc(N2CCOCC2)n1. The van der Waals surface area contributed by atoms with Gasteiger partial charge in [-0.15, -0.1) is 0 Å². The van der Waals surface area contributed by atoms with Crippen LogP contribution >= 0.6 is 0 Å². The fourth-order valence-electron chi connectivity index (χ4n) is 4.94. The van der Waals surface area contributed by atoms with Crippen LogP contribution in [0.4, 0.5) is 11.8 Å². The van der Waals surface area contributed by atoms with Crippen molar-refractivity contribution >= 4 is 11.8 Å². The number of fused-ring (bicyclic) bond motifs is 4. The maximum absolute atomic E-state index is 5.51. The van der Waals surface area contributed by atoms with Gasteiger partial charge in [-0.3, -0.25) is 4.90 Å². The molecule has 0 aromatic carbocycles. The van der Waals surface area contributed by atoms with Crippen LogP contribution in [-0.2, 0) is 11.2 Å². The third-order valence-electron chi connectivity index (χ3n) is 6.75. The molecule has 4 saturated heterocycles. The first-order valence-corrected chi connectivity index (χ1v) is 11.0. The van der Waals surface area contributed by atoms with Crippen molar-refractivity contribution in [3.8, 4) is 0 Å². The molecule has 0 amide bonds. The number of anilines is 2. The molecule has 0 unspecified atom stereocenters. The summed E-state index contributed by atoms with van der Waals surface area (Å²) in [6.07, 6.45) is 6.60. The van der Waals surface area contributed by atoms with Gasteiger partial charge in [0.05, 0.1) is 13.2 Å². The number of aryl methyl sites for hydroxylation is 1. The summed E-state index contributed by atoms with van der Waals surface area (Å²) in [6.45, 7) is 10.4. The summed E-state index contributed by atoms with van der Waals surface area (Å²) in [5.41, 5.74) is 1.16. The summed E-state index contributed by atoms with van der Waals surface area (Å²) in [6, 6.07) is 2.94. The normalized spacial score (nSPS) is 29.2. The summed E-state index contributed by atoms with van der Waals surface area (Å²) in [7, 11) is 0. The molecular weight excluding hydrogens is 338 g/mol. The fraction of sp³-hybridized carbons (Fsp3) is 0.810. The lowest BCUT2D eigenvalue weighted by atomic mass is 9.95. The number of aromatic nitrogens is 2. The number of hydrogen-bond acceptors (Lipinski definition) is 6. The molecule has 6 rings (SSSR count). The van der Waals surface area contributed by atoms with Gasteiger partial charge in [-0.2, -0.15) is 4.98 Å². The summed E-state index contributed by atoms with van der Waals surface area (Å²) in [5.74, 6) is 3.82. The second kappa shape index (κ2) is 7.55. The monoisotopic (exact) mass is 371 g/mol. The zero-order chi connectivity index (χ0) is 18.2. The van der Waals surface area contributed by atoms with E-state index in [4.69, 9.17) is 14.7 Å². The molecule has 5 heterocycles. The van der Waals surface area contributed by atoms with E-state index in [9.17, 15) is 0 Å². The number of ether oxygens (including phenoxy) is 1. The molecule has 27 heavy (non-hydrogen) atoms. The smallest absolute Gasteiger partial charge is 0.227 e. The Morgan fingerprint density at radius 3 is 2.63 bits per heavy atom. The molecule has 5 fully saturated rings. The minimum atomic E-state index is 0.705. The van der Waals surface area contributed by atoms with E-state index in [0.29, 0.717) is 6.04 Å². The van der Waals surface area contributed by atoms with E-state index in [1.807, 2.05) is 0 Å². The van der Waals surface area contributed by atoms with E-state index in [-0.39, 0.29) is 0 Å². The molecule has 2 bridgehead atoms. The Hall–Kier alpha value is -1.40. The quantitative estimate of drug-likeness (QED) is 0.791. The van der Waals surface area contributed by atoms with Crippen molar-refractivity contribution in [3.63, 3.8) is 0 Å². The van der Waals surface area contributed by atoms with E-state index in [1.165, 1.54) is 38.8 Å². The van der Waals surface area contributed by atoms with Crippen molar-refractivity contribution in [3.05, 3.63) is 11.8 Å².